The van der Waals surface area contributed by atoms with Crippen molar-refractivity contribution in [2.75, 3.05) is 7.11 Å². The largest absolute Gasteiger partial charge is 0.573 e. The van der Waals surface area contributed by atoms with Crippen LogP contribution in [0.3, 0.4) is 0 Å². The number of nitrogens with zero attached hydrogens (tertiary/aromatic N) is 1. The monoisotopic (exact) mass is 314 g/mol. The Morgan fingerprint density at radius 1 is 1.43 bits per heavy atom. The molecule has 2 N–H and O–H groups in total. The Balaban J connectivity index is 3.32. The van der Waals surface area contributed by atoms with Crippen LogP contribution in [0.5, 0.6) is 5.75 Å². The van der Waals surface area contributed by atoms with Gasteiger partial charge in [-0.15, -0.1) is 13.2 Å². The molecule has 0 aliphatic carbocycles. The van der Waals surface area contributed by atoms with E-state index in [0.717, 1.165) is 13.2 Å². The third kappa shape index (κ3) is 4.81. The molecule has 1 aromatic heterocycles. The molecule has 0 atom stereocenters. The van der Waals surface area contributed by atoms with E-state index in [1.165, 1.54) is 0 Å². The zero-order chi connectivity index (χ0) is 16.2. The molecular weight excluding hydrogens is 303 g/mol. The fourth-order valence-electron chi connectivity index (χ4n) is 1.51. The van der Waals surface area contributed by atoms with Crippen molar-refractivity contribution < 1.29 is 36.2 Å². The van der Waals surface area contributed by atoms with Crippen LogP contribution in [0.15, 0.2) is 6.07 Å². The highest BCUT2D eigenvalue weighted by Gasteiger charge is 2.35. The number of rotatable bonds is 5. The molecule has 0 fully saturated rings. The highest BCUT2D eigenvalue weighted by atomic mass is 19.4. The van der Waals surface area contributed by atoms with Crippen molar-refractivity contribution in [3.05, 3.63) is 23.0 Å². The summed E-state index contributed by atoms with van der Waals surface area (Å²) in [4.78, 5) is 14.4. The van der Waals surface area contributed by atoms with Gasteiger partial charge in [-0.25, -0.2) is 13.8 Å². The lowest BCUT2D eigenvalue weighted by Crippen LogP contribution is -2.21. The number of nitrogens with two attached hydrogens (primary N) is 1. The van der Waals surface area contributed by atoms with E-state index in [0.29, 0.717) is 0 Å². The lowest BCUT2D eigenvalue weighted by atomic mass is 10.1. The predicted octanol–water partition coefficient (Wildman–Crippen LogP) is 2.09. The van der Waals surface area contributed by atoms with E-state index >= 15 is 0 Å². The van der Waals surface area contributed by atoms with Gasteiger partial charge in [-0.05, 0) is 6.07 Å². The maximum Gasteiger partial charge on any atom is 0.573 e. The number of carbonyl (C=O) groups is 1. The van der Waals surface area contributed by atoms with Crippen LogP contribution in [0.1, 0.15) is 23.4 Å². The number of hydrogen-bond acceptors (Lipinski definition) is 5. The molecule has 0 radical (unpaired) electrons. The van der Waals surface area contributed by atoms with Crippen molar-refractivity contribution in [3.8, 4) is 5.75 Å². The van der Waals surface area contributed by atoms with E-state index < -0.39 is 43.2 Å². The van der Waals surface area contributed by atoms with Crippen molar-refractivity contribution in [2.24, 2.45) is 5.73 Å². The normalized spacial score (nSPS) is 11.6. The SMILES string of the molecule is COC(=O)Cc1cc(CN)c(OC(F)(F)F)c(C(F)F)n1. The van der Waals surface area contributed by atoms with Gasteiger partial charge < -0.3 is 15.2 Å². The second kappa shape index (κ2) is 6.66. The lowest BCUT2D eigenvalue weighted by molar-refractivity contribution is -0.275. The van der Waals surface area contributed by atoms with Gasteiger partial charge in [0.15, 0.2) is 5.75 Å². The minimum absolute atomic E-state index is 0.188. The molecule has 1 aromatic rings. The fourth-order valence-corrected chi connectivity index (χ4v) is 1.51. The molecule has 1 heterocycles. The standard InChI is InChI=1S/C11H11F5N2O3/c1-20-7(19)3-6-2-5(4-17)9(21-11(14,15)16)8(18-6)10(12)13/h2,10H,3-4,17H2,1H3. The van der Waals surface area contributed by atoms with Crippen molar-refractivity contribution in [2.45, 2.75) is 25.8 Å². The van der Waals surface area contributed by atoms with Gasteiger partial charge >= 0.3 is 12.3 Å². The molecule has 21 heavy (non-hydrogen) atoms. The lowest BCUT2D eigenvalue weighted by Gasteiger charge is -2.17. The first-order chi connectivity index (χ1) is 9.67. The smallest absolute Gasteiger partial charge is 0.469 e. The molecule has 0 unspecified atom stereocenters. The summed E-state index contributed by atoms with van der Waals surface area (Å²) in [6, 6.07) is 0.990. The summed E-state index contributed by atoms with van der Waals surface area (Å²) in [6.07, 6.45) is -8.97. The molecule has 0 aromatic carbocycles. The molecule has 0 bridgehead atoms. The summed E-state index contributed by atoms with van der Waals surface area (Å²) >= 11 is 0. The van der Waals surface area contributed by atoms with Crippen LogP contribution >= 0.6 is 0 Å². The topological polar surface area (TPSA) is 74.4 Å². The molecule has 0 saturated carbocycles. The summed E-state index contributed by atoms with van der Waals surface area (Å²) in [7, 11) is 1.07. The highest BCUT2D eigenvalue weighted by Crippen LogP contribution is 2.35. The number of hydrogen-bond donors (Lipinski definition) is 1. The summed E-state index contributed by atoms with van der Waals surface area (Å²) in [5, 5.41) is 0. The first-order valence-corrected chi connectivity index (χ1v) is 5.51. The second-order valence-electron chi connectivity index (χ2n) is 3.79. The van der Waals surface area contributed by atoms with Crippen LogP contribution < -0.4 is 10.5 Å². The van der Waals surface area contributed by atoms with Crippen LogP contribution in [-0.4, -0.2) is 24.4 Å². The van der Waals surface area contributed by atoms with E-state index in [1.807, 2.05) is 0 Å². The van der Waals surface area contributed by atoms with Crippen molar-refractivity contribution in [3.63, 3.8) is 0 Å². The van der Waals surface area contributed by atoms with Crippen molar-refractivity contribution in [1.82, 2.24) is 4.98 Å². The van der Waals surface area contributed by atoms with E-state index in [4.69, 9.17) is 5.73 Å². The summed E-state index contributed by atoms with van der Waals surface area (Å²) < 4.78 is 70.4. The summed E-state index contributed by atoms with van der Waals surface area (Å²) in [6.45, 7) is -0.498. The molecule has 0 aliphatic heterocycles. The zero-order valence-corrected chi connectivity index (χ0v) is 10.7. The number of carbonyl (C=O) groups excluding carboxylic acids is 1. The van der Waals surface area contributed by atoms with Gasteiger partial charge in [0.05, 0.1) is 19.2 Å². The first-order valence-electron chi connectivity index (χ1n) is 5.51. The maximum absolute atomic E-state index is 12.9. The molecule has 5 nitrogen and oxygen atoms in total. The van der Waals surface area contributed by atoms with E-state index in [9.17, 15) is 26.7 Å². The minimum atomic E-state index is -5.17. The van der Waals surface area contributed by atoms with Gasteiger partial charge in [0, 0.05) is 12.1 Å². The Hall–Kier alpha value is -1.97. The second-order valence-corrected chi connectivity index (χ2v) is 3.79. The van der Waals surface area contributed by atoms with E-state index in [-0.39, 0.29) is 11.3 Å². The Bertz CT molecular complexity index is 519. The summed E-state index contributed by atoms with van der Waals surface area (Å²) in [5.74, 6) is -1.93. The highest BCUT2D eigenvalue weighted by molar-refractivity contribution is 5.72. The quantitative estimate of drug-likeness (QED) is 0.665. The number of aromatic nitrogens is 1. The predicted molar refractivity (Wildman–Crippen MR) is 59.5 cm³/mol. The number of methoxy groups -OCH3 is 1. The van der Waals surface area contributed by atoms with Gasteiger partial charge in [-0.1, -0.05) is 0 Å². The molecule has 0 amide bonds. The number of halogens is 5. The zero-order valence-electron chi connectivity index (χ0n) is 10.7. The molecule has 0 spiro atoms. The van der Waals surface area contributed by atoms with Gasteiger partial charge in [0.25, 0.3) is 6.43 Å². The first kappa shape index (κ1) is 17.1. The van der Waals surface area contributed by atoms with Crippen LogP contribution in [0.25, 0.3) is 0 Å². The third-order valence-electron chi connectivity index (χ3n) is 2.33. The van der Waals surface area contributed by atoms with Gasteiger partial charge in [0.2, 0.25) is 0 Å². The molecule has 0 saturated heterocycles. The number of alkyl halides is 5. The summed E-state index contributed by atoms with van der Waals surface area (Å²) in [5.41, 5.74) is 3.48. The Labute approximate surface area is 115 Å². The minimum Gasteiger partial charge on any atom is -0.469 e. The van der Waals surface area contributed by atoms with Crippen LogP contribution in [0.2, 0.25) is 0 Å². The van der Waals surface area contributed by atoms with Crippen molar-refractivity contribution in [1.29, 1.82) is 0 Å². The van der Waals surface area contributed by atoms with Gasteiger partial charge in [-0.2, -0.15) is 0 Å². The molecule has 0 aliphatic rings. The van der Waals surface area contributed by atoms with E-state index in [1.54, 1.807) is 0 Å². The van der Waals surface area contributed by atoms with Crippen LogP contribution in [-0.2, 0) is 22.5 Å². The van der Waals surface area contributed by atoms with Crippen LogP contribution in [0.4, 0.5) is 22.0 Å². The number of pyridine rings is 1. The van der Waals surface area contributed by atoms with Crippen molar-refractivity contribution >= 4 is 5.97 Å². The molecular formula is C11H11F5N2O3. The van der Waals surface area contributed by atoms with Gasteiger partial charge in [0.1, 0.15) is 5.69 Å². The molecule has 118 valence electrons. The average molecular weight is 314 g/mol. The Morgan fingerprint density at radius 2 is 2.05 bits per heavy atom. The number of ether oxygens (including phenoxy) is 2. The maximum atomic E-state index is 12.9. The van der Waals surface area contributed by atoms with Gasteiger partial charge in [-0.3, -0.25) is 4.79 Å². The Morgan fingerprint density at radius 3 is 2.48 bits per heavy atom. The third-order valence-corrected chi connectivity index (χ3v) is 2.33. The van der Waals surface area contributed by atoms with Crippen LogP contribution in [0, 0.1) is 0 Å². The molecule has 10 heteroatoms. The van der Waals surface area contributed by atoms with E-state index in [2.05, 4.69) is 14.5 Å². The fraction of sp³-hybridized carbons (Fsp3) is 0.455. The Kier molecular flexibility index (Phi) is 5.41. The molecule has 1 rings (SSSR count). The average Bonchev–Trinajstić information content (AvgIpc) is 2.37. The number of esters is 1.